The van der Waals surface area contributed by atoms with Crippen LogP contribution in [0, 0.1) is 11.3 Å². The van der Waals surface area contributed by atoms with Crippen LogP contribution in [0.1, 0.15) is 15.9 Å². The number of rotatable bonds is 3. The molecule has 1 aliphatic heterocycles. The van der Waals surface area contributed by atoms with Gasteiger partial charge >= 0.3 is 0 Å². The zero-order valence-electron chi connectivity index (χ0n) is 13.3. The summed E-state index contributed by atoms with van der Waals surface area (Å²) in [6, 6.07) is 11.4. The number of nitriles is 1. The van der Waals surface area contributed by atoms with Gasteiger partial charge in [-0.1, -0.05) is 30.0 Å². The van der Waals surface area contributed by atoms with Crippen molar-refractivity contribution in [3.63, 3.8) is 0 Å². The molecule has 1 amide bonds. The Balaban J connectivity index is 1.72. The summed E-state index contributed by atoms with van der Waals surface area (Å²) in [6.07, 6.45) is 3.47. The van der Waals surface area contributed by atoms with Gasteiger partial charge in [-0.2, -0.15) is 5.26 Å². The third-order valence-corrected chi connectivity index (χ3v) is 4.50. The van der Waals surface area contributed by atoms with Gasteiger partial charge in [0.25, 0.3) is 5.91 Å². The van der Waals surface area contributed by atoms with E-state index in [1.807, 2.05) is 41.5 Å². The van der Waals surface area contributed by atoms with Crippen molar-refractivity contribution in [1.29, 1.82) is 5.26 Å². The molecule has 1 aromatic heterocycles. The molecule has 0 bridgehead atoms. The number of nitrogens with zero attached hydrogens (tertiary/aromatic N) is 5. The number of thioether (sulfide) groups is 1. The first-order valence-corrected chi connectivity index (χ1v) is 8.86. The maximum Gasteiger partial charge on any atom is 0.253 e. The number of hydrogen-bond acceptors (Lipinski definition) is 6. The molecule has 1 aliphatic rings. The molecule has 0 radical (unpaired) electrons. The molecule has 0 aliphatic carbocycles. The lowest BCUT2D eigenvalue weighted by Gasteiger charge is -2.35. The molecule has 0 atom stereocenters. The molecule has 2 heterocycles. The molecule has 0 unspecified atom stereocenters. The number of amides is 1. The first kappa shape index (κ1) is 16.3. The summed E-state index contributed by atoms with van der Waals surface area (Å²) in [4.78, 5) is 25.0. The van der Waals surface area contributed by atoms with Crippen LogP contribution in [0.15, 0.2) is 41.7 Å². The predicted octanol–water partition coefficient (Wildman–Crippen LogP) is 2.03. The molecule has 122 valence electrons. The maximum atomic E-state index is 12.5. The number of piperazine rings is 1. The van der Waals surface area contributed by atoms with E-state index in [0.717, 1.165) is 0 Å². The Hall–Kier alpha value is -2.59. The van der Waals surface area contributed by atoms with Crippen LogP contribution in [-0.2, 0) is 0 Å². The van der Waals surface area contributed by atoms with Crippen molar-refractivity contribution in [3.05, 3.63) is 47.7 Å². The van der Waals surface area contributed by atoms with Crippen LogP contribution in [0.25, 0.3) is 0 Å². The number of anilines is 1. The largest absolute Gasteiger partial charge is 0.352 e. The van der Waals surface area contributed by atoms with Crippen molar-refractivity contribution in [2.75, 3.05) is 37.3 Å². The quantitative estimate of drug-likeness (QED) is 0.629. The van der Waals surface area contributed by atoms with E-state index < -0.39 is 0 Å². The summed E-state index contributed by atoms with van der Waals surface area (Å²) < 4.78 is 0. The van der Waals surface area contributed by atoms with Gasteiger partial charge in [-0.15, -0.1) is 0 Å². The smallest absolute Gasteiger partial charge is 0.253 e. The zero-order valence-corrected chi connectivity index (χ0v) is 14.2. The van der Waals surface area contributed by atoms with Gasteiger partial charge in [0.2, 0.25) is 0 Å². The second-order valence-electron chi connectivity index (χ2n) is 5.35. The van der Waals surface area contributed by atoms with Gasteiger partial charge in [0.1, 0.15) is 11.6 Å². The zero-order chi connectivity index (χ0) is 16.9. The van der Waals surface area contributed by atoms with Crippen LogP contribution in [0.3, 0.4) is 0 Å². The highest BCUT2D eigenvalue weighted by Crippen LogP contribution is 2.21. The van der Waals surface area contributed by atoms with Crippen molar-refractivity contribution in [2.45, 2.75) is 5.16 Å². The lowest BCUT2D eigenvalue weighted by Crippen LogP contribution is -2.49. The number of carbonyl (C=O) groups is 1. The molecule has 1 fully saturated rings. The molecule has 1 aromatic carbocycles. The summed E-state index contributed by atoms with van der Waals surface area (Å²) in [5, 5.41) is 9.92. The minimum absolute atomic E-state index is 0.0447. The van der Waals surface area contributed by atoms with E-state index in [4.69, 9.17) is 0 Å². The molecular weight excluding hydrogens is 322 g/mol. The summed E-state index contributed by atoms with van der Waals surface area (Å²) >= 11 is 1.45. The number of aromatic nitrogens is 2. The Kier molecular flexibility index (Phi) is 4.96. The Bertz CT molecular complexity index is 766. The van der Waals surface area contributed by atoms with E-state index in [0.29, 0.717) is 48.3 Å². The summed E-state index contributed by atoms with van der Waals surface area (Å²) in [5.41, 5.74) is 1.17. The first-order chi connectivity index (χ1) is 11.7. The molecule has 7 heteroatoms. The Morgan fingerprint density at radius 2 is 1.92 bits per heavy atom. The first-order valence-electron chi connectivity index (χ1n) is 7.63. The molecule has 0 N–H and O–H groups in total. The van der Waals surface area contributed by atoms with Gasteiger partial charge in [0.15, 0.2) is 11.0 Å². The average Bonchev–Trinajstić information content (AvgIpc) is 2.67. The van der Waals surface area contributed by atoms with Gasteiger partial charge < -0.3 is 9.80 Å². The maximum absolute atomic E-state index is 12.5. The van der Waals surface area contributed by atoms with E-state index in [1.165, 1.54) is 11.8 Å². The molecular formula is C17H17N5OS. The number of benzene rings is 1. The number of carbonyl (C=O) groups excluding carboxylic acids is 1. The third-order valence-electron chi connectivity index (χ3n) is 3.94. The summed E-state index contributed by atoms with van der Waals surface area (Å²) in [5.74, 6) is 0.701. The van der Waals surface area contributed by atoms with E-state index in [2.05, 4.69) is 20.9 Å². The molecule has 24 heavy (non-hydrogen) atoms. The van der Waals surface area contributed by atoms with Gasteiger partial charge in [-0.25, -0.2) is 9.97 Å². The lowest BCUT2D eigenvalue weighted by atomic mass is 10.2. The van der Waals surface area contributed by atoms with E-state index in [1.54, 1.807) is 6.20 Å². The second-order valence-corrected chi connectivity index (χ2v) is 6.12. The Morgan fingerprint density at radius 3 is 2.54 bits per heavy atom. The minimum Gasteiger partial charge on any atom is -0.352 e. The predicted molar refractivity (Wildman–Crippen MR) is 93.1 cm³/mol. The summed E-state index contributed by atoms with van der Waals surface area (Å²) in [6.45, 7) is 2.52. The topological polar surface area (TPSA) is 73.1 Å². The Morgan fingerprint density at radius 1 is 1.21 bits per heavy atom. The van der Waals surface area contributed by atoms with Crippen LogP contribution < -0.4 is 4.90 Å². The number of hydrogen-bond donors (Lipinski definition) is 0. The fraction of sp³-hybridized carbons (Fsp3) is 0.294. The van der Waals surface area contributed by atoms with Crippen molar-refractivity contribution >= 4 is 23.5 Å². The van der Waals surface area contributed by atoms with Crippen molar-refractivity contribution < 1.29 is 4.79 Å². The fourth-order valence-electron chi connectivity index (χ4n) is 2.66. The van der Waals surface area contributed by atoms with Crippen molar-refractivity contribution in [1.82, 2.24) is 14.9 Å². The molecule has 1 saturated heterocycles. The second kappa shape index (κ2) is 7.32. The van der Waals surface area contributed by atoms with Crippen LogP contribution in [0.2, 0.25) is 0 Å². The Labute approximate surface area is 145 Å². The molecule has 3 rings (SSSR count). The highest BCUT2D eigenvalue weighted by atomic mass is 32.2. The van der Waals surface area contributed by atoms with Crippen molar-refractivity contribution in [2.24, 2.45) is 0 Å². The molecule has 0 saturated carbocycles. The third kappa shape index (κ3) is 3.34. The van der Waals surface area contributed by atoms with E-state index in [9.17, 15) is 10.1 Å². The van der Waals surface area contributed by atoms with Crippen LogP contribution >= 0.6 is 11.8 Å². The van der Waals surface area contributed by atoms with Crippen molar-refractivity contribution in [3.8, 4) is 6.07 Å². The molecule has 6 nitrogen and oxygen atoms in total. The fourth-order valence-corrected chi connectivity index (χ4v) is 3.00. The molecule has 0 spiro atoms. The monoisotopic (exact) mass is 339 g/mol. The van der Waals surface area contributed by atoms with E-state index >= 15 is 0 Å². The summed E-state index contributed by atoms with van der Waals surface area (Å²) in [7, 11) is 0. The van der Waals surface area contributed by atoms with E-state index in [-0.39, 0.29) is 5.91 Å². The SMILES string of the molecule is CSc1ncc(C#N)c(N2CCN(C(=O)c3ccccc3)CC2)n1. The normalized spacial score (nSPS) is 14.3. The van der Waals surface area contributed by atoms with Crippen LogP contribution in [-0.4, -0.2) is 53.2 Å². The van der Waals surface area contributed by atoms with Gasteiger partial charge in [-0.05, 0) is 18.4 Å². The minimum atomic E-state index is 0.0447. The van der Waals surface area contributed by atoms with Gasteiger partial charge in [0, 0.05) is 31.7 Å². The lowest BCUT2D eigenvalue weighted by molar-refractivity contribution is 0.0746. The average molecular weight is 339 g/mol. The van der Waals surface area contributed by atoms with Gasteiger partial charge in [0.05, 0.1) is 6.20 Å². The van der Waals surface area contributed by atoms with Crippen LogP contribution in [0.4, 0.5) is 5.82 Å². The molecule has 2 aromatic rings. The van der Waals surface area contributed by atoms with Gasteiger partial charge in [-0.3, -0.25) is 4.79 Å². The van der Waals surface area contributed by atoms with Crippen LogP contribution in [0.5, 0.6) is 0 Å². The highest BCUT2D eigenvalue weighted by Gasteiger charge is 2.24. The highest BCUT2D eigenvalue weighted by molar-refractivity contribution is 7.98. The standard InChI is InChI=1S/C17H17N5OS/c1-24-17-19-12-14(11-18)15(20-17)21-7-9-22(10-8-21)16(23)13-5-3-2-4-6-13/h2-6,12H,7-10H2,1H3.